The molecule has 2 rings (SSSR count). The van der Waals surface area contributed by atoms with Crippen molar-refractivity contribution in [2.45, 2.75) is 12.8 Å². The molecule has 0 amide bonds. The molecule has 0 saturated heterocycles. The van der Waals surface area contributed by atoms with E-state index in [-0.39, 0.29) is 6.61 Å². The highest BCUT2D eigenvalue weighted by molar-refractivity contribution is 5.91. The van der Waals surface area contributed by atoms with Crippen molar-refractivity contribution in [3.8, 4) is 0 Å². The molecule has 0 aliphatic heterocycles. The molecular formula is C13H13F3N2O. The van der Waals surface area contributed by atoms with E-state index in [2.05, 4.69) is 4.98 Å². The summed E-state index contributed by atoms with van der Waals surface area (Å²) >= 11 is 0. The Hall–Kier alpha value is -1.82. The molecule has 0 saturated carbocycles. The summed E-state index contributed by atoms with van der Waals surface area (Å²) in [5.41, 5.74) is 1.33. The van der Waals surface area contributed by atoms with Crippen molar-refractivity contribution in [3.63, 3.8) is 0 Å². The van der Waals surface area contributed by atoms with Crippen LogP contribution in [0.1, 0.15) is 5.69 Å². The van der Waals surface area contributed by atoms with Crippen LogP contribution in [-0.4, -0.2) is 29.9 Å². The first-order chi connectivity index (χ1) is 8.90. The Balaban J connectivity index is 2.51. The normalized spacial score (nSPS) is 11.8. The topological polar surface area (TPSA) is 36.4 Å². The van der Waals surface area contributed by atoms with Crippen molar-refractivity contribution >= 4 is 16.6 Å². The number of fused-ring (bicyclic) bond motifs is 1. The van der Waals surface area contributed by atoms with Gasteiger partial charge in [-0.2, -0.15) is 13.2 Å². The van der Waals surface area contributed by atoms with Gasteiger partial charge in [-0.25, -0.2) is 0 Å². The number of para-hydroxylation sites is 1. The summed E-state index contributed by atoms with van der Waals surface area (Å²) in [5, 5.41) is 9.76. The van der Waals surface area contributed by atoms with E-state index < -0.39 is 12.7 Å². The number of anilines is 1. The monoisotopic (exact) mass is 270 g/mol. The third-order valence-electron chi connectivity index (χ3n) is 2.74. The summed E-state index contributed by atoms with van der Waals surface area (Å²) in [6.07, 6.45) is -4.28. The summed E-state index contributed by atoms with van der Waals surface area (Å²) in [6.45, 7) is -1.36. The summed E-state index contributed by atoms with van der Waals surface area (Å²) in [6, 6.07) is 8.40. The first kappa shape index (κ1) is 13.6. The van der Waals surface area contributed by atoms with Gasteiger partial charge in [0.2, 0.25) is 0 Å². The summed E-state index contributed by atoms with van der Waals surface area (Å²) in [7, 11) is 1.37. The Bertz CT molecular complexity index is 584. The van der Waals surface area contributed by atoms with Crippen molar-refractivity contribution in [2.24, 2.45) is 0 Å². The lowest BCUT2D eigenvalue weighted by molar-refractivity contribution is -0.119. The average Bonchev–Trinajstić information content (AvgIpc) is 2.35. The van der Waals surface area contributed by atoms with E-state index in [9.17, 15) is 13.2 Å². The van der Waals surface area contributed by atoms with Crippen molar-refractivity contribution < 1.29 is 18.3 Å². The molecule has 3 nitrogen and oxygen atoms in total. The van der Waals surface area contributed by atoms with Crippen LogP contribution in [0.4, 0.5) is 18.9 Å². The molecule has 0 fully saturated rings. The molecule has 1 heterocycles. The van der Waals surface area contributed by atoms with E-state index in [0.717, 1.165) is 4.90 Å². The Morgan fingerprint density at radius 2 is 1.95 bits per heavy atom. The molecule has 0 atom stereocenters. The molecule has 1 N–H and O–H groups in total. The van der Waals surface area contributed by atoms with Gasteiger partial charge >= 0.3 is 6.18 Å². The molecule has 19 heavy (non-hydrogen) atoms. The number of aliphatic hydroxyl groups is 1. The number of rotatable bonds is 3. The van der Waals surface area contributed by atoms with Crippen LogP contribution in [0.3, 0.4) is 0 Å². The third kappa shape index (κ3) is 3.14. The fourth-order valence-corrected chi connectivity index (χ4v) is 1.96. The molecule has 0 bridgehead atoms. The Morgan fingerprint density at radius 1 is 1.26 bits per heavy atom. The fraction of sp³-hybridized carbons (Fsp3) is 0.308. The van der Waals surface area contributed by atoms with Crippen LogP contribution in [-0.2, 0) is 6.61 Å². The minimum absolute atomic E-state index is 0.308. The Labute approximate surface area is 108 Å². The Kier molecular flexibility index (Phi) is 3.61. The van der Waals surface area contributed by atoms with Gasteiger partial charge in [-0.3, -0.25) is 4.98 Å². The number of hydrogen-bond acceptors (Lipinski definition) is 3. The second-order valence-electron chi connectivity index (χ2n) is 4.28. The highest BCUT2D eigenvalue weighted by atomic mass is 19.4. The molecule has 1 aromatic heterocycles. The van der Waals surface area contributed by atoms with Gasteiger partial charge < -0.3 is 10.0 Å². The summed E-state index contributed by atoms with van der Waals surface area (Å²) < 4.78 is 37.4. The molecule has 0 radical (unpaired) electrons. The van der Waals surface area contributed by atoms with Gasteiger partial charge in [0.25, 0.3) is 0 Å². The molecule has 6 heteroatoms. The molecule has 102 valence electrons. The van der Waals surface area contributed by atoms with Crippen LogP contribution in [0.15, 0.2) is 30.3 Å². The van der Waals surface area contributed by atoms with Crippen LogP contribution in [0, 0.1) is 0 Å². The lowest BCUT2D eigenvalue weighted by Crippen LogP contribution is -2.31. The van der Waals surface area contributed by atoms with E-state index in [0.29, 0.717) is 22.3 Å². The lowest BCUT2D eigenvalue weighted by Gasteiger charge is -2.23. The SMILES string of the molecule is CN(CC(F)(F)F)c1cc(CO)nc2ccccc12. The highest BCUT2D eigenvalue weighted by Gasteiger charge is 2.30. The first-order valence-electron chi connectivity index (χ1n) is 5.68. The molecule has 0 unspecified atom stereocenters. The van der Waals surface area contributed by atoms with Gasteiger partial charge in [0.1, 0.15) is 6.54 Å². The van der Waals surface area contributed by atoms with E-state index in [1.54, 1.807) is 24.3 Å². The zero-order valence-corrected chi connectivity index (χ0v) is 10.3. The highest BCUT2D eigenvalue weighted by Crippen LogP contribution is 2.28. The van der Waals surface area contributed by atoms with Crippen LogP contribution in [0.5, 0.6) is 0 Å². The minimum atomic E-state index is -4.28. The minimum Gasteiger partial charge on any atom is -0.390 e. The predicted molar refractivity (Wildman–Crippen MR) is 67.0 cm³/mol. The Morgan fingerprint density at radius 3 is 2.58 bits per heavy atom. The van der Waals surface area contributed by atoms with Crippen molar-refractivity contribution in [1.29, 1.82) is 0 Å². The van der Waals surface area contributed by atoms with Gasteiger partial charge in [0, 0.05) is 18.1 Å². The number of halogens is 3. The van der Waals surface area contributed by atoms with Crippen molar-refractivity contribution in [2.75, 3.05) is 18.5 Å². The first-order valence-corrected chi connectivity index (χ1v) is 5.68. The van der Waals surface area contributed by atoms with Gasteiger partial charge in [-0.15, -0.1) is 0 Å². The maximum Gasteiger partial charge on any atom is 0.405 e. The second-order valence-corrected chi connectivity index (χ2v) is 4.28. The summed E-state index contributed by atoms with van der Waals surface area (Å²) in [4.78, 5) is 5.29. The molecule has 1 aromatic carbocycles. The number of aliphatic hydroxyl groups excluding tert-OH is 1. The molecule has 0 aliphatic carbocycles. The predicted octanol–water partition coefficient (Wildman–Crippen LogP) is 2.73. The third-order valence-corrected chi connectivity index (χ3v) is 2.74. The maximum atomic E-state index is 12.5. The smallest absolute Gasteiger partial charge is 0.390 e. The number of aromatic nitrogens is 1. The molecule has 0 aliphatic rings. The zero-order valence-electron chi connectivity index (χ0n) is 10.3. The van der Waals surface area contributed by atoms with Gasteiger partial charge in [0.15, 0.2) is 0 Å². The number of nitrogens with zero attached hydrogens (tertiary/aromatic N) is 2. The summed E-state index contributed by atoms with van der Waals surface area (Å²) in [5.74, 6) is 0. The standard InChI is InChI=1S/C13H13F3N2O/c1-18(8-13(14,15)16)12-6-9(7-19)17-11-5-3-2-4-10(11)12/h2-6,19H,7-8H2,1H3. The zero-order chi connectivity index (χ0) is 14.0. The maximum absolute atomic E-state index is 12.5. The van der Waals surface area contributed by atoms with E-state index in [1.807, 2.05) is 0 Å². The van der Waals surface area contributed by atoms with Gasteiger partial charge in [-0.1, -0.05) is 18.2 Å². The van der Waals surface area contributed by atoms with E-state index in [4.69, 9.17) is 5.11 Å². The van der Waals surface area contributed by atoms with Crippen molar-refractivity contribution in [1.82, 2.24) is 4.98 Å². The lowest BCUT2D eigenvalue weighted by atomic mass is 10.1. The van der Waals surface area contributed by atoms with E-state index in [1.165, 1.54) is 13.1 Å². The average molecular weight is 270 g/mol. The molecule has 0 spiro atoms. The number of pyridine rings is 1. The number of hydrogen-bond donors (Lipinski definition) is 1. The van der Waals surface area contributed by atoms with Crippen LogP contribution in [0.25, 0.3) is 10.9 Å². The van der Waals surface area contributed by atoms with Gasteiger partial charge in [-0.05, 0) is 12.1 Å². The van der Waals surface area contributed by atoms with Gasteiger partial charge in [0.05, 0.1) is 17.8 Å². The second kappa shape index (κ2) is 5.05. The molecular weight excluding hydrogens is 257 g/mol. The van der Waals surface area contributed by atoms with Crippen molar-refractivity contribution in [3.05, 3.63) is 36.0 Å². The van der Waals surface area contributed by atoms with Crippen LogP contribution < -0.4 is 4.90 Å². The van der Waals surface area contributed by atoms with Crippen LogP contribution in [0.2, 0.25) is 0 Å². The van der Waals surface area contributed by atoms with Crippen LogP contribution >= 0.6 is 0 Å². The fourth-order valence-electron chi connectivity index (χ4n) is 1.96. The number of alkyl halides is 3. The quantitative estimate of drug-likeness (QED) is 0.931. The van der Waals surface area contributed by atoms with E-state index >= 15 is 0 Å². The largest absolute Gasteiger partial charge is 0.405 e. The molecule has 2 aromatic rings. The number of benzene rings is 1.